The number of nitrogens with zero attached hydrogens (tertiary/aromatic N) is 3. The van der Waals surface area contributed by atoms with Crippen LogP contribution in [0.1, 0.15) is 36.9 Å². The number of rotatable bonds is 5. The van der Waals surface area contributed by atoms with Crippen molar-refractivity contribution in [1.29, 1.82) is 0 Å². The van der Waals surface area contributed by atoms with Crippen molar-refractivity contribution in [3.05, 3.63) is 70.4 Å². The average molecular weight is 504 g/mol. The minimum Gasteiger partial charge on any atom is -0.465 e. The Kier molecular flexibility index (Phi) is 6.26. The van der Waals surface area contributed by atoms with Gasteiger partial charge in [-0.05, 0) is 35.7 Å². The van der Waals surface area contributed by atoms with Gasteiger partial charge >= 0.3 is 18.1 Å². The summed E-state index contributed by atoms with van der Waals surface area (Å²) in [6.07, 6.45) is -4.77. The first-order chi connectivity index (χ1) is 16.6. The standard InChI is InChI=1S/C22H15F3N4O5S/c1-33-20(31)11-6-12(21(32)34-2)8-13(7-11)26-19(30)15-10-18-27-14(16-4-3-5-35-16)9-17(22(23,24)25)29(18)28-15/h3-10H,1-2H3,(H,26,30). The van der Waals surface area contributed by atoms with Crippen LogP contribution in [0.5, 0.6) is 0 Å². The largest absolute Gasteiger partial charge is 0.465 e. The number of hydrogen-bond acceptors (Lipinski definition) is 8. The van der Waals surface area contributed by atoms with Crippen LogP contribution in [0.3, 0.4) is 0 Å². The molecule has 0 spiro atoms. The van der Waals surface area contributed by atoms with E-state index in [2.05, 4.69) is 24.9 Å². The number of aromatic nitrogens is 3. The molecule has 35 heavy (non-hydrogen) atoms. The number of esters is 2. The summed E-state index contributed by atoms with van der Waals surface area (Å²) in [5.41, 5.74) is -1.68. The summed E-state index contributed by atoms with van der Waals surface area (Å²) in [4.78, 5) is 41.4. The summed E-state index contributed by atoms with van der Waals surface area (Å²) >= 11 is 1.22. The number of anilines is 1. The zero-order chi connectivity index (χ0) is 25.3. The lowest BCUT2D eigenvalue weighted by molar-refractivity contribution is -0.142. The van der Waals surface area contributed by atoms with Crippen molar-refractivity contribution >= 4 is 40.5 Å². The highest BCUT2D eigenvalue weighted by Gasteiger charge is 2.35. The van der Waals surface area contributed by atoms with E-state index in [1.165, 1.54) is 29.5 Å². The van der Waals surface area contributed by atoms with Gasteiger partial charge in [0, 0.05) is 11.8 Å². The van der Waals surface area contributed by atoms with Gasteiger partial charge < -0.3 is 14.8 Å². The molecule has 3 heterocycles. The molecule has 13 heteroatoms. The van der Waals surface area contributed by atoms with Crippen LogP contribution in [-0.2, 0) is 15.7 Å². The molecule has 4 aromatic rings. The van der Waals surface area contributed by atoms with Crippen LogP contribution in [0.2, 0.25) is 0 Å². The fourth-order valence-corrected chi connectivity index (χ4v) is 3.89. The predicted molar refractivity (Wildman–Crippen MR) is 118 cm³/mol. The summed E-state index contributed by atoms with van der Waals surface area (Å²) in [5.74, 6) is -2.45. The lowest BCUT2D eigenvalue weighted by Crippen LogP contribution is -2.16. The Morgan fingerprint density at radius 2 is 1.66 bits per heavy atom. The number of benzene rings is 1. The minimum atomic E-state index is -4.77. The first-order valence-corrected chi connectivity index (χ1v) is 10.6. The van der Waals surface area contributed by atoms with Crippen LogP contribution in [0.25, 0.3) is 16.2 Å². The minimum absolute atomic E-state index is 0.00126. The molecule has 0 unspecified atom stereocenters. The van der Waals surface area contributed by atoms with E-state index in [0.29, 0.717) is 9.39 Å². The monoisotopic (exact) mass is 504 g/mol. The number of methoxy groups -OCH3 is 2. The van der Waals surface area contributed by atoms with E-state index >= 15 is 0 Å². The van der Waals surface area contributed by atoms with E-state index in [9.17, 15) is 27.6 Å². The zero-order valence-corrected chi connectivity index (χ0v) is 18.9. The van der Waals surface area contributed by atoms with Crippen molar-refractivity contribution in [2.45, 2.75) is 6.18 Å². The number of carbonyl (C=O) groups is 3. The van der Waals surface area contributed by atoms with Crippen molar-refractivity contribution in [3.63, 3.8) is 0 Å². The second kappa shape index (κ2) is 9.18. The SMILES string of the molecule is COC(=O)c1cc(NC(=O)c2cc3nc(-c4cccs4)cc(C(F)(F)F)n3n2)cc(C(=O)OC)c1. The van der Waals surface area contributed by atoms with E-state index in [4.69, 9.17) is 0 Å². The molecule has 0 aliphatic rings. The maximum atomic E-state index is 13.7. The van der Waals surface area contributed by atoms with Gasteiger partial charge in [0.15, 0.2) is 17.0 Å². The number of amides is 1. The average Bonchev–Trinajstić information content (AvgIpc) is 3.51. The highest BCUT2D eigenvalue weighted by atomic mass is 32.1. The van der Waals surface area contributed by atoms with Gasteiger partial charge in [0.25, 0.3) is 5.91 Å². The third kappa shape index (κ3) is 4.84. The van der Waals surface area contributed by atoms with Gasteiger partial charge in [-0.3, -0.25) is 4.79 Å². The van der Waals surface area contributed by atoms with Crippen LogP contribution < -0.4 is 5.32 Å². The normalized spacial score (nSPS) is 11.3. The Labute approximate surface area is 199 Å². The van der Waals surface area contributed by atoms with Gasteiger partial charge in [0.05, 0.1) is 35.9 Å². The second-order valence-corrected chi connectivity index (χ2v) is 7.99. The van der Waals surface area contributed by atoms with Crippen molar-refractivity contribution in [1.82, 2.24) is 14.6 Å². The molecule has 0 bridgehead atoms. The van der Waals surface area contributed by atoms with Crippen LogP contribution in [0, 0.1) is 0 Å². The van der Waals surface area contributed by atoms with E-state index in [1.54, 1.807) is 17.5 Å². The first kappa shape index (κ1) is 23.9. The lowest BCUT2D eigenvalue weighted by Gasteiger charge is -2.10. The molecular weight excluding hydrogens is 489 g/mol. The molecule has 1 N–H and O–H groups in total. The van der Waals surface area contributed by atoms with Gasteiger partial charge in [-0.15, -0.1) is 11.3 Å². The summed E-state index contributed by atoms with van der Waals surface area (Å²) in [5, 5.41) is 7.91. The molecule has 4 rings (SSSR count). The lowest BCUT2D eigenvalue weighted by atomic mass is 10.1. The van der Waals surface area contributed by atoms with Crippen LogP contribution in [-0.4, -0.2) is 46.7 Å². The molecule has 0 aliphatic carbocycles. The summed E-state index contributed by atoms with van der Waals surface area (Å²) < 4.78 is 51.0. The van der Waals surface area contributed by atoms with Crippen LogP contribution >= 0.6 is 11.3 Å². The number of hydrogen-bond donors (Lipinski definition) is 1. The maximum absolute atomic E-state index is 13.7. The number of thiophene rings is 1. The molecule has 1 amide bonds. The molecule has 0 radical (unpaired) electrons. The number of alkyl halides is 3. The van der Waals surface area contributed by atoms with Gasteiger partial charge in [-0.25, -0.2) is 19.1 Å². The second-order valence-electron chi connectivity index (χ2n) is 7.04. The van der Waals surface area contributed by atoms with Gasteiger partial charge in [-0.1, -0.05) is 6.07 Å². The van der Waals surface area contributed by atoms with Crippen LogP contribution in [0.15, 0.2) is 47.8 Å². The topological polar surface area (TPSA) is 112 Å². The molecule has 180 valence electrons. The Morgan fingerprint density at radius 1 is 1.00 bits per heavy atom. The number of carbonyl (C=O) groups excluding carboxylic acids is 3. The Hall–Kier alpha value is -4.26. The van der Waals surface area contributed by atoms with E-state index in [-0.39, 0.29) is 33.8 Å². The van der Waals surface area contributed by atoms with Gasteiger partial charge in [0.1, 0.15) is 0 Å². The van der Waals surface area contributed by atoms with Crippen LogP contribution in [0.4, 0.5) is 18.9 Å². The summed E-state index contributed by atoms with van der Waals surface area (Å²) in [6.45, 7) is 0. The first-order valence-electron chi connectivity index (χ1n) is 9.75. The maximum Gasteiger partial charge on any atom is 0.433 e. The quantitative estimate of drug-likeness (QED) is 0.403. The fourth-order valence-electron chi connectivity index (χ4n) is 3.20. The van der Waals surface area contributed by atoms with Crippen molar-refractivity contribution in [2.75, 3.05) is 19.5 Å². The van der Waals surface area contributed by atoms with Gasteiger partial charge in [0.2, 0.25) is 0 Å². The summed E-state index contributed by atoms with van der Waals surface area (Å²) in [7, 11) is 2.27. The van der Waals surface area contributed by atoms with Gasteiger partial charge in [-0.2, -0.15) is 18.3 Å². The molecule has 0 aliphatic heterocycles. The molecule has 3 aromatic heterocycles. The van der Waals surface area contributed by atoms with E-state index in [1.807, 2.05) is 0 Å². The zero-order valence-electron chi connectivity index (χ0n) is 18.0. The third-order valence-corrected chi connectivity index (χ3v) is 5.65. The molecular formula is C22H15F3N4O5S. The Bertz CT molecular complexity index is 1410. The number of halogens is 3. The molecule has 0 fully saturated rings. The van der Waals surface area contributed by atoms with E-state index in [0.717, 1.165) is 26.4 Å². The Morgan fingerprint density at radius 3 is 2.20 bits per heavy atom. The smallest absolute Gasteiger partial charge is 0.433 e. The van der Waals surface area contributed by atoms with Crippen molar-refractivity contribution < 1.29 is 37.0 Å². The van der Waals surface area contributed by atoms with Crippen molar-refractivity contribution in [2.24, 2.45) is 0 Å². The highest BCUT2D eigenvalue weighted by Crippen LogP contribution is 2.33. The number of fused-ring (bicyclic) bond motifs is 1. The highest BCUT2D eigenvalue weighted by molar-refractivity contribution is 7.13. The van der Waals surface area contributed by atoms with E-state index < -0.39 is 29.7 Å². The fraction of sp³-hybridized carbons (Fsp3) is 0.136. The summed E-state index contributed by atoms with van der Waals surface area (Å²) in [6, 6.07) is 8.95. The predicted octanol–water partition coefficient (Wildman–Crippen LogP) is 4.30. The molecule has 0 saturated carbocycles. The van der Waals surface area contributed by atoms with Crippen molar-refractivity contribution in [3.8, 4) is 10.6 Å². The molecule has 1 aromatic carbocycles. The Balaban J connectivity index is 1.74. The number of ether oxygens (including phenoxy) is 2. The molecule has 0 saturated heterocycles. The third-order valence-electron chi connectivity index (χ3n) is 4.76. The number of nitrogens with one attached hydrogen (secondary N) is 1. The molecule has 9 nitrogen and oxygen atoms in total. The molecule has 0 atom stereocenters.